The topological polar surface area (TPSA) is 41.1 Å². The molecule has 21 heavy (non-hydrogen) atoms. The molecule has 0 unspecified atom stereocenters. The maximum Gasteiger partial charge on any atom is 0.319 e. The first-order chi connectivity index (χ1) is 10.1. The first-order valence-corrected chi connectivity index (χ1v) is 7.51. The van der Waals surface area contributed by atoms with Crippen LogP contribution in [0.4, 0.5) is 4.79 Å². The summed E-state index contributed by atoms with van der Waals surface area (Å²) in [5, 5.41) is 6.10. The van der Waals surface area contributed by atoms with Crippen molar-refractivity contribution >= 4 is 39.6 Å². The maximum absolute atomic E-state index is 11.6. The van der Waals surface area contributed by atoms with E-state index in [1.807, 2.05) is 42.5 Å². The van der Waals surface area contributed by atoms with Crippen LogP contribution in [-0.2, 0) is 6.54 Å². The van der Waals surface area contributed by atoms with E-state index in [4.69, 9.17) is 11.6 Å². The van der Waals surface area contributed by atoms with Gasteiger partial charge in [-0.2, -0.15) is 0 Å². The van der Waals surface area contributed by atoms with Crippen molar-refractivity contribution in [3.63, 3.8) is 0 Å². The zero-order chi connectivity index (χ0) is 15.1. The Morgan fingerprint density at radius 1 is 1.10 bits per heavy atom. The summed E-state index contributed by atoms with van der Waals surface area (Å²) in [6, 6.07) is 14.9. The largest absolute Gasteiger partial charge is 0.334 e. The van der Waals surface area contributed by atoms with Crippen LogP contribution in [0.15, 0.2) is 59.2 Å². The summed E-state index contributed by atoms with van der Waals surface area (Å²) < 4.78 is 1.02. The van der Waals surface area contributed by atoms with Crippen LogP contribution < -0.4 is 10.6 Å². The SMILES string of the molecule is O=C(N/C=C/c1ccc(Br)cc1)NCc1ccc(Cl)cc1. The average molecular weight is 366 g/mol. The van der Waals surface area contributed by atoms with Gasteiger partial charge in [0.25, 0.3) is 0 Å². The number of hydrogen-bond acceptors (Lipinski definition) is 1. The van der Waals surface area contributed by atoms with Crippen LogP contribution in [0.1, 0.15) is 11.1 Å². The molecule has 0 radical (unpaired) electrons. The van der Waals surface area contributed by atoms with Crippen LogP contribution >= 0.6 is 27.5 Å². The monoisotopic (exact) mass is 364 g/mol. The molecule has 0 fully saturated rings. The molecule has 0 aliphatic heterocycles. The van der Waals surface area contributed by atoms with E-state index >= 15 is 0 Å². The van der Waals surface area contributed by atoms with Gasteiger partial charge in [-0.25, -0.2) is 4.79 Å². The quantitative estimate of drug-likeness (QED) is 0.818. The van der Waals surface area contributed by atoms with Crippen molar-refractivity contribution < 1.29 is 4.79 Å². The van der Waals surface area contributed by atoms with Gasteiger partial charge < -0.3 is 10.6 Å². The van der Waals surface area contributed by atoms with E-state index in [1.165, 1.54) is 0 Å². The highest BCUT2D eigenvalue weighted by atomic mass is 79.9. The number of rotatable bonds is 4. The van der Waals surface area contributed by atoms with E-state index < -0.39 is 0 Å². The van der Waals surface area contributed by atoms with E-state index in [0.29, 0.717) is 11.6 Å². The van der Waals surface area contributed by atoms with Crippen LogP contribution in [0, 0.1) is 0 Å². The van der Waals surface area contributed by atoms with E-state index in [1.54, 1.807) is 18.3 Å². The maximum atomic E-state index is 11.6. The van der Waals surface area contributed by atoms with Crippen LogP contribution in [0.25, 0.3) is 6.08 Å². The lowest BCUT2D eigenvalue weighted by Gasteiger charge is -2.04. The van der Waals surface area contributed by atoms with Gasteiger partial charge >= 0.3 is 6.03 Å². The van der Waals surface area contributed by atoms with Gasteiger partial charge in [-0.15, -0.1) is 0 Å². The van der Waals surface area contributed by atoms with Crippen molar-refractivity contribution in [3.8, 4) is 0 Å². The summed E-state index contributed by atoms with van der Waals surface area (Å²) in [7, 11) is 0. The normalized spacial score (nSPS) is 10.6. The second-order valence-corrected chi connectivity index (χ2v) is 5.69. The average Bonchev–Trinajstić information content (AvgIpc) is 2.49. The van der Waals surface area contributed by atoms with Crippen molar-refractivity contribution in [3.05, 3.63) is 75.4 Å². The number of amides is 2. The first kappa shape index (κ1) is 15.6. The predicted octanol–water partition coefficient (Wildman–Crippen LogP) is 4.57. The summed E-state index contributed by atoms with van der Waals surface area (Å²) in [6.45, 7) is 0.453. The smallest absolute Gasteiger partial charge is 0.319 e. The van der Waals surface area contributed by atoms with E-state index in [-0.39, 0.29) is 6.03 Å². The molecule has 2 N–H and O–H groups in total. The fourth-order valence-corrected chi connectivity index (χ4v) is 2.01. The minimum atomic E-state index is -0.252. The molecule has 2 rings (SSSR count). The summed E-state index contributed by atoms with van der Waals surface area (Å²) >= 11 is 9.17. The lowest BCUT2D eigenvalue weighted by atomic mass is 10.2. The van der Waals surface area contributed by atoms with Gasteiger partial charge in [0.15, 0.2) is 0 Å². The molecule has 2 amide bonds. The highest BCUT2D eigenvalue weighted by Crippen LogP contribution is 2.11. The Hall–Kier alpha value is -1.78. The molecule has 0 atom stereocenters. The second-order valence-electron chi connectivity index (χ2n) is 4.34. The van der Waals surface area contributed by atoms with E-state index in [0.717, 1.165) is 15.6 Å². The Morgan fingerprint density at radius 3 is 2.43 bits per heavy atom. The predicted molar refractivity (Wildman–Crippen MR) is 90.0 cm³/mol. The highest BCUT2D eigenvalue weighted by Gasteiger charge is 1.98. The molecule has 5 heteroatoms. The third-order valence-corrected chi connectivity index (χ3v) is 3.51. The number of halogens is 2. The molecule has 0 saturated heterocycles. The Morgan fingerprint density at radius 2 is 1.76 bits per heavy atom. The number of carbonyl (C=O) groups excluding carboxylic acids is 1. The van der Waals surface area contributed by atoms with E-state index in [9.17, 15) is 4.79 Å². The zero-order valence-electron chi connectivity index (χ0n) is 11.1. The fourth-order valence-electron chi connectivity index (χ4n) is 1.62. The van der Waals surface area contributed by atoms with Gasteiger partial charge in [-0.3, -0.25) is 0 Å². The molecule has 0 heterocycles. The molecule has 0 aliphatic rings. The molecule has 0 aromatic heterocycles. The lowest BCUT2D eigenvalue weighted by molar-refractivity contribution is 0.244. The standard InChI is InChI=1S/C16H14BrClN2O/c17-14-5-1-12(2-6-14)9-10-19-16(21)20-11-13-3-7-15(18)8-4-13/h1-10H,11H2,(H2,19,20,21)/b10-9+. The van der Waals surface area contributed by atoms with Crippen molar-refractivity contribution in [1.82, 2.24) is 10.6 Å². The Bertz CT molecular complexity index is 624. The number of nitrogens with one attached hydrogen (secondary N) is 2. The minimum Gasteiger partial charge on any atom is -0.334 e. The van der Waals surface area contributed by atoms with Crippen LogP contribution in [0.3, 0.4) is 0 Å². The number of hydrogen-bond donors (Lipinski definition) is 2. The molecule has 2 aromatic carbocycles. The highest BCUT2D eigenvalue weighted by molar-refractivity contribution is 9.10. The zero-order valence-corrected chi connectivity index (χ0v) is 13.5. The van der Waals surface area contributed by atoms with Crippen LogP contribution in [-0.4, -0.2) is 6.03 Å². The molecule has 3 nitrogen and oxygen atoms in total. The second kappa shape index (κ2) is 7.86. The number of benzene rings is 2. The van der Waals surface area contributed by atoms with E-state index in [2.05, 4.69) is 26.6 Å². The number of urea groups is 1. The first-order valence-electron chi connectivity index (χ1n) is 6.34. The van der Waals surface area contributed by atoms with Gasteiger partial charge in [-0.05, 0) is 41.5 Å². The van der Waals surface area contributed by atoms with Crippen LogP contribution in [0.2, 0.25) is 5.02 Å². The minimum absolute atomic E-state index is 0.252. The summed E-state index contributed by atoms with van der Waals surface area (Å²) in [4.78, 5) is 11.6. The Kier molecular flexibility index (Phi) is 5.84. The fraction of sp³-hybridized carbons (Fsp3) is 0.0625. The summed E-state index contributed by atoms with van der Waals surface area (Å²) in [6.07, 6.45) is 3.44. The molecular formula is C16H14BrClN2O. The van der Waals surface area contributed by atoms with Gasteiger partial charge in [0.2, 0.25) is 0 Å². The number of carbonyl (C=O) groups is 1. The molecule has 0 saturated carbocycles. The van der Waals surface area contributed by atoms with Crippen molar-refractivity contribution in [1.29, 1.82) is 0 Å². The molecule has 2 aromatic rings. The lowest BCUT2D eigenvalue weighted by Crippen LogP contribution is -2.31. The van der Waals surface area contributed by atoms with Gasteiger partial charge in [-0.1, -0.05) is 51.8 Å². The van der Waals surface area contributed by atoms with Crippen molar-refractivity contribution in [2.45, 2.75) is 6.54 Å². The molecule has 0 spiro atoms. The van der Waals surface area contributed by atoms with Crippen molar-refractivity contribution in [2.75, 3.05) is 0 Å². The molecule has 0 aliphatic carbocycles. The molecular weight excluding hydrogens is 352 g/mol. The van der Waals surface area contributed by atoms with Crippen LogP contribution in [0.5, 0.6) is 0 Å². The molecule has 108 valence electrons. The van der Waals surface area contributed by atoms with Gasteiger partial charge in [0.1, 0.15) is 0 Å². The van der Waals surface area contributed by atoms with Crippen molar-refractivity contribution in [2.24, 2.45) is 0 Å². The Balaban J connectivity index is 1.77. The van der Waals surface area contributed by atoms with Gasteiger partial charge in [0.05, 0.1) is 0 Å². The van der Waals surface area contributed by atoms with Gasteiger partial charge in [0, 0.05) is 22.2 Å². The summed E-state index contributed by atoms with van der Waals surface area (Å²) in [5.74, 6) is 0. The molecule has 0 bridgehead atoms. The Labute approximate surface area is 137 Å². The summed E-state index contributed by atoms with van der Waals surface area (Å²) in [5.41, 5.74) is 2.00. The third-order valence-electron chi connectivity index (χ3n) is 2.73. The third kappa shape index (κ3) is 5.61.